The molecule has 5 rings (SSSR count). The number of imidazole rings is 1. The van der Waals surface area contributed by atoms with Crippen LogP contribution in [0.1, 0.15) is 29.7 Å². The number of aliphatic hydroxyl groups excluding tert-OH is 4. The molecule has 20 nitrogen and oxygen atoms in total. The average molecular weight is 661 g/mol. The van der Waals surface area contributed by atoms with Crippen molar-refractivity contribution in [3.05, 3.63) is 42.7 Å². The Balaban J connectivity index is 1.27. The second-order valence-corrected chi connectivity index (χ2v) is 12.8. The largest absolute Gasteiger partial charge is 0.789 e. The number of hydrogen-bond donors (Lipinski definition) is 5. The number of nitrogens with zero attached hydrogens (tertiary/aromatic N) is 5. The Hall–Kier alpha value is -2.81. The summed E-state index contributed by atoms with van der Waals surface area (Å²) < 4.78 is 52.3. The molecule has 22 heteroatoms. The predicted octanol–water partition coefficient (Wildman–Crippen LogP) is -3.18. The second kappa shape index (κ2) is 12.5. The SMILES string of the molecule is CC(=O)c1ccc[n+]([C@@H]2O[C@H](COP(=O)(OC[C@H]3O[C@@H](n4cnc5c(N)ncnc54)[C@H](O)[C@@H]3O)OP(=O)([O-])[O-])[C@@H](O)[C@H]2O)c1. The van der Waals surface area contributed by atoms with E-state index in [2.05, 4.69) is 19.3 Å². The summed E-state index contributed by atoms with van der Waals surface area (Å²) in [6.07, 6.45) is -6.91. The number of carbonyl (C=O) groups is 1. The zero-order valence-corrected chi connectivity index (χ0v) is 24.4. The topological polar surface area (TPSA) is 298 Å². The highest BCUT2D eigenvalue weighted by atomic mass is 31.3. The number of Topliss-reactive ketones (excluding diaryl/α,β-unsaturated/α-hetero) is 1. The van der Waals surface area contributed by atoms with Crippen molar-refractivity contribution in [2.45, 2.75) is 56.0 Å². The first-order valence-electron chi connectivity index (χ1n) is 12.8. The summed E-state index contributed by atoms with van der Waals surface area (Å²) in [4.78, 5) is 46.3. The Morgan fingerprint density at radius 1 is 1.05 bits per heavy atom. The van der Waals surface area contributed by atoms with Crippen molar-refractivity contribution in [3.63, 3.8) is 0 Å². The van der Waals surface area contributed by atoms with Crippen LogP contribution < -0.4 is 20.1 Å². The van der Waals surface area contributed by atoms with E-state index in [0.717, 1.165) is 6.33 Å². The smallest absolute Gasteiger partial charge is 0.478 e. The third kappa shape index (κ3) is 6.73. The molecule has 0 bridgehead atoms. The van der Waals surface area contributed by atoms with Crippen molar-refractivity contribution in [1.29, 1.82) is 0 Å². The summed E-state index contributed by atoms with van der Waals surface area (Å²) in [6, 6.07) is 3.01. The third-order valence-electron chi connectivity index (χ3n) is 6.85. The fourth-order valence-corrected chi connectivity index (χ4v) is 6.75. The lowest BCUT2D eigenvalue weighted by molar-refractivity contribution is -0.765. The molecule has 2 saturated heterocycles. The maximum Gasteiger partial charge on any atom is 0.478 e. The Labute approximate surface area is 247 Å². The van der Waals surface area contributed by atoms with Crippen LogP contribution in [0.5, 0.6) is 0 Å². The summed E-state index contributed by atoms with van der Waals surface area (Å²) in [6.45, 7) is -0.524. The number of nitrogens with two attached hydrogens (primary N) is 1. The minimum Gasteiger partial charge on any atom is -0.789 e. The van der Waals surface area contributed by atoms with Gasteiger partial charge < -0.3 is 50.0 Å². The molecule has 44 heavy (non-hydrogen) atoms. The highest BCUT2D eigenvalue weighted by molar-refractivity contribution is 7.60. The predicted molar refractivity (Wildman–Crippen MR) is 136 cm³/mol. The number of carbonyl (C=O) groups excluding carboxylic acids is 1. The maximum atomic E-state index is 13.2. The zero-order chi connectivity index (χ0) is 32.0. The van der Waals surface area contributed by atoms with E-state index in [1.54, 1.807) is 0 Å². The van der Waals surface area contributed by atoms with Crippen LogP contribution in [0.25, 0.3) is 11.2 Å². The van der Waals surface area contributed by atoms with Crippen molar-refractivity contribution < 1.29 is 71.5 Å². The molecule has 240 valence electrons. The Morgan fingerprint density at radius 2 is 1.70 bits per heavy atom. The summed E-state index contributed by atoms with van der Waals surface area (Å²) in [7, 11) is -11.3. The first-order valence-corrected chi connectivity index (χ1v) is 15.7. The van der Waals surface area contributed by atoms with Crippen LogP contribution in [-0.4, -0.2) is 95.6 Å². The van der Waals surface area contributed by atoms with Gasteiger partial charge in [-0.15, -0.1) is 0 Å². The van der Waals surface area contributed by atoms with Crippen molar-refractivity contribution >= 4 is 38.4 Å². The fourth-order valence-electron chi connectivity index (χ4n) is 4.66. The number of phosphoric acid groups is 2. The van der Waals surface area contributed by atoms with Gasteiger partial charge in [-0.2, -0.15) is 4.57 Å². The quantitative estimate of drug-likeness (QED) is 0.0768. The van der Waals surface area contributed by atoms with Crippen LogP contribution in [-0.2, 0) is 32.0 Å². The van der Waals surface area contributed by atoms with Crippen molar-refractivity contribution in [2.24, 2.45) is 0 Å². The normalized spacial score (nSPS) is 30.5. The zero-order valence-electron chi connectivity index (χ0n) is 22.6. The molecule has 5 heterocycles. The highest BCUT2D eigenvalue weighted by Gasteiger charge is 2.50. The van der Waals surface area contributed by atoms with Crippen LogP contribution >= 0.6 is 15.6 Å². The van der Waals surface area contributed by atoms with E-state index in [4.69, 9.17) is 24.3 Å². The summed E-state index contributed by atoms with van der Waals surface area (Å²) in [5.41, 5.74) is 6.36. The maximum absolute atomic E-state index is 13.2. The van der Waals surface area contributed by atoms with E-state index in [1.165, 1.54) is 46.9 Å². The molecule has 2 aliphatic rings. The van der Waals surface area contributed by atoms with Gasteiger partial charge in [0, 0.05) is 6.07 Å². The molecule has 1 unspecified atom stereocenters. The van der Waals surface area contributed by atoms with E-state index >= 15 is 0 Å². The number of anilines is 1. The first-order chi connectivity index (χ1) is 20.7. The molecule has 0 spiro atoms. The molecule has 2 fully saturated rings. The number of hydrogen-bond acceptors (Lipinski definition) is 18. The number of fused-ring (bicyclic) bond motifs is 1. The molecular weight excluding hydrogens is 634 g/mol. The number of aromatic nitrogens is 5. The molecule has 0 saturated carbocycles. The van der Waals surface area contributed by atoms with E-state index in [9.17, 15) is 44.1 Å². The fraction of sp³-hybridized carbons (Fsp3) is 0.500. The minimum atomic E-state index is -6.02. The minimum absolute atomic E-state index is 0.0370. The molecule has 0 amide bonds. The van der Waals surface area contributed by atoms with E-state index in [0.29, 0.717) is 0 Å². The molecule has 3 aromatic heterocycles. The van der Waals surface area contributed by atoms with Gasteiger partial charge in [0.05, 0.1) is 32.9 Å². The first kappa shape index (κ1) is 32.6. The van der Waals surface area contributed by atoms with Crippen LogP contribution in [0.15, 0.2) is 37.2 Å². The summed E-state index contributed by atoms with van der Waals surface area (Å²) in [5, 5.41) is 42.1. The number of pyridine rings is 1. The average Bonchev–Trinajstić information content (AvgIpc) is 3.60. The van der Waals surface area contributed by atoms with Crippen LogP contribution in [0.3, 0.4) is 0 Å². The van der Waals surface area contributed by atoms with Gasteiger partial charge in [-0.3, -0.25) is 22.7 Å². The molecule has 9 atom stereocenters. The summed E-state index contributed by atoms with van der Waals surface area (Å²) >= 11 is 0. The Bertz CT molecular complexity index is 1620. The van der Waals surface area contributed by atoms with Gasteiger partial charge in [-0.05, 0) is 13.0 Å². The molecule has 0 radical (unpaired) electrons. The number of phosphoric ester groups is 1. The van der Waals surface area contributed by atoms with Crippen LogP contribution in [0.2, 0.25) is 0 Å². The Morgan fingerprint density at radius 3 is 2.36 bits per heavy atom. The lowest BCUT2D eigenvalue weighted by atomic mass is 10.1. The van der Waals surface area contributed by atoms with Gasteiger partial charge in [0.25, 0.3) is 6.23 Å². The van der Waals surface area contributed by atoms with Gasteiger partial charge >= 0.3 is 7.82 Å². The molecule has 2 aliphatic heterocycles. The molecule has 0 aliphatic carbocycles. The molecule has 0 aromatic carbocycles. The molecule has 6 N–H and O–H groups in total. The lowest BCUT2D eigenvalue weighted by Crippen LogP contribution is -2.46. The van der Waals surface area contributed by atoms with Gasteiger partial charge in [0.15, 0.2) is 42.0 Å². The van der Waals surface area contributed by atoms with Crippen LogP contribution in [0, 0.1) is 0 Å². The van der Waals surface area contributed by atoms with Gasteiger partial charge in [0.1, 0.15) is 42.4 Å². The van der Waals surface area contributed by atoms with E-state index in [1.807, 2.05) is 0 Å². The number of aliphatic hydroxyl groups is 4. The van der Waals surface area contributed by atoms with Gasteiger partial charge in [0.2, 0.25) is 0 Å². The third-order valence-corrected chi connectivity index (χ3v) is 9.38. The lowest BCUT2D eigenvalue weighted by Gasteiger charge is -2.32. The van der Waals surface area contributed by atoms with Crippen molar-refractivity contribution in [3.8, 4) is 0 Å². The van der Waals surface area contributed by atoms with E-state index in [-0.39, 0.29) is 28.3 Å². The highest BCUT2D eigenvalue weighted by Crippen LogP contribution is 2.58. The van der Waals surface area contributed by atoms with Gasteiger partial charge in [-0.1, -0.05) is 0 Å². The second-order valence-electron chi connectivity index (χ2n) is 9.84. The van der Waals surface area contributed by atoms with Crippen LogP contribution in [0.4, 0.5) is 5.82 Å². The molecule has 3 aromatic rings. The monoisotopic (exact) mass is 661 g/mol. The Kier molecular flexibility index (Phi) is 9.28. The van der Waals surface area contributed by atoms with E-state index < -0.39 is 77.9 Å². The molecular formula is C22H27N6O14P2-. The number of ether oxygens (including phenoxy) is 2. The number of ketones is 1. The number of nitrogen functional groups attached to an aromatic ring is 1. The summed E-state index contributed by atoms with van der Waals surface area (Å²) in [5.74, 6) is -0.246. The van der Waals surface area contributed by atoms with Crippen molar-refractivity contribution in [2.75, 3.05) is 18.9 Å². The van der Waals surface area contributed by atoms with Crippen molar-refractivity contribution in [1.82, 2.24) is 19.5 Å². The standard InChI is InChI=1S/C22H28N6O14P2/c1-10(29)11-3-2-4-27(5-11)21-17(32)15(30)12(40-21)6-38-44(37,42-43(34,35)36)39-7-13-16(31)18(33)22(41-13)28-9-26-14-19(23)24-8-25-20(14)28/h2-5,8-9,12-13,15-18,21-22,30-33H,6-7H2,1H3,(H3-,23,24,25,34,35,36)/p-1/t12-,13-,15-,16-,17-,18-,21-,22-,44?/m1/s1. The van der Waals surface area contributed by atoms with Gasteiger partial charge in [-0.25, -0.2) is 19.5 Å². The number of rotatable bonds is 11.